The molecule has 4 nitrogen and oxygen atoms in total. The minimum absolute atomic E-state index is 0.165. The van der Waals surface area contributed by atoms with Crippen LogP contribution in [-0.2, 0) is 16.0 Å². The van der Waals surface area contributed by atoms with Crippen molar-refractivity contribution in [3.05, 3.63) is 35.4 Å². The fraction of sp³-hybridized carbons (Fsp3) is 0.727. The normalized spacial score (nSPS) is 18.2. The van der Waals surface area contributed by atoms with Gasteiger partial charge in [-0.05, 0) is 93.7 Å². The molecule has 0 aromatic heterocycles. The number of benzene rings is 1. The van der Waals surface area contributed by atoms with Crippen molar-refractivity contribution >= 4 is 5.78 Å². The molecule has 2 aliphatic rings. The van der Waals surface area contributed by atoms with E-state index >= 15 is 0 Å². The highest BCUT2D eigenvalue weighted by atomic mass is 16.5. The Balaban J connectivity index is 1.78. The molecule has 1 atom stereocenters. The summed E-state index contributed by atoms with van der Waals surface area (Å²) in [5, 5.41) is 11.4. The minimum Gasteiger partial charge on any atom is -0.504 e. The Labute approximate surface area is 226 Å². The Hall–Kier alpha value is -1.81. The number of allylic oxidation sites excluding steroid dienone is 2. The van der Waals surface area contributed by atoms with Crippen molar-refractivity contribution in [2.45, 2.75) is 142 Å². The Morgan fingerprint density at radius 1 is 1.00 bits per heavy atom. The van der Waals surface area contributed by atoms with E-state index in [0.29, 0.717) is 36.4 Å². The van der Waals surface area contributed by atoms with Gasteiger partial charge in [0, 0.05) is 18.6 Å². The average molecular weight is 513 g/mol. The predicted octanol–water partition coefficient (Wildman–Crippen LogP) is 8.83. The summed E-state index contributed by atoms with van der Waals surface area (Å²) in [7, 11) is 0. The summed E-state index contributed by atoms with van der Waals surface area (Å²) in [6, 6.07) is 4.13. The fourth-order valence-corrected chi connectivity index (χ4v) is 5.75. The summed E-state index contributed by atoms with van der Waals surface area (Å²) in [5.74, 6) is 1.90. The van der Waals surface area contributed by atoms with Crippen LogP contribution in [0.3, 0.4) is 0 Å². The van der Waals surface area contributed by atoms with Crippen LogP contribution < -0.4 is 4.74 Å². The van der Waals surface area contributed by atoms with Gasteiger partial charge in [-0.25, -0.2) is 0 Å². The van der Waals surface area contributed by atoms with Crippen LogP contribution in [0.1, 0.15) is 134 Å². The van der Waals surface area contributed by atoms with Crippen LogP contribution in [-0.4, -0.2) is 29.7 Å². The number of phenols is 1. The van der Waals surface area contributed by atoms with E-state index in [1.807, 2.05) is 12.1 Å². The monoisotopic (exact) mass is 512 g/mol. The molecule has 0 amide bonds. The van der Waals surface area contributed by atoms with Gasteiger partial charge in [-0.3, -0.25) is 4.79 Å². The van der Waals surface area contributed by atoms with Crippen LogP contribution in [0, 0.1) is 5.92 Å². The first-order chi connectivity index (χ1) is 18.0. The molecule has 1 aromatic rings. The third-order valence-electron chi connectivity index (χ3n) is 8.08. The number of aromatic hydroxyl groups is 1. The summed E-state index contributed by atoms with van der Waals surface area (Å²) in [6.07, 6.45) is 21.2. The average Bonchev–Trinajstić information content (AvgIpc) is 3.40. The Kier molecular flexibility index (Phi) is 13.0. The SMILES string of the molecule is CCC/C=C/C(=O)CCc1cc(OC2CCCC2)c(O)c([C@H](CCOC2CCCCC2)CCC(C)C)c1. The first-order valence-corrected chi connectivity index (χ1v) is 15.3. The maximum atomic E-state index is 12.4. The lowest BCUT2D eigenvalue weighted by molar-refractivity contribution is -0.114. The third kappa shape index (κ3) is 10.5. The number of rotatable bonds is 16. The Morgan fingerprint density at radius 3 is 2.41 bits per heavy atom. The number of carbonyl (C=O) groups excluding carboxylic acids is 1. The second-order valence-electron chi connectivity index (χ2n) is 11.8. The second kappa shape index (κ2) is 16.2. The maximum Gasteiger partial charge on any atom is 0.161 e. The molecule has 0 saturated heterocycles. The van der Waals surface area contributed by atoms with Crippen molar-refractivity contribution in [3.63, 3.8) is 0 Å². The lowest BCUT2D eigenvalue weighted by atomic mass is 9.86. The molecule has 0 heterocycles. The number of ether oxygens (including phenoxy) is 2. The van der Waals surface area contributed by atoms with Crippen LogP contribution >= 0.6 is 0 Å². The molecule has 208 valence electrons. The molecule has 0 bridgehead atoms. The molecule has 0 radical (unpaired) electrons. The van der Waals surface area contributed by atoms with E-state index < -0.39 is 0 Å². The highest BCUT2D eigenvalue weighted by molar-refractivity contribution is 5.89. The van der Waals surface area contributed by atoms with Crippen LogP contribution in [0.25, 0.3) is 0 Å². The first kappa shape index (κ1) is 29.7. The van der Waals surface area contributed by atoms with E-state index in [4.69, 9.17) is 9.47 Å². The van der Waals surface area contributed by atoms with Gasteiger partial charge in [-0.1, -0.05) is 65.0 Å². The van der Waals surface area contributed by atoms with E-state index in [-0.39, 0.29) is 17.8 Å². The molecule has 2 fully saturated rings. The van der Waals surface area contributed by atoms with Gasteiger partial charge in [0.2, 0.25) is 0 Å². The topological polar surface area (TPSA) is 55.8 Å². The van der Waals surface area contributed by atoms with Crippen LogP contribution in [0.5, 0.6) is 11.5 Å². The number of hydrogen-bond donors (Lipinski definition) is 1. The van der Waals surface area contributed by atoms with E-state index in [0.717, 1.165) is 62.7 Å². The Bertz CT molecular complexity index is 831. The molecule has 3 rings (SSSR count). The van der Waals surface area contributed by atoms with E-state index in [1.54, 1.807) is 6.08 Å². The zero-order chi connectivity index (χ0) is 26.5. The molecule has 0 spiro atoms. The number of hydrogen-bond acceptors (Lipinski definition) is 4. The Morgan fingerprint density at radius 2 is 1.70 bits per heavy atom. The predicted molar refractivity (Wildman–Crippen MR) is 153 cm³/mol. The molecule has 2 aliphatic carbocycles. The molecule has 0 unspecified atom stereocenters. The van der Waals surface area contributed by atoms with Crippen molar-refractivity contribution in [3.8, 4) is 11.5 Å². The summed E-state index contributed by atoms with van der Waals surface area (Å²) in [6.45, 7) is 7.38. The first-order valence-electron chi connectivity index (χ1n) is 15.3. The van der Waals surface area contributed by atoms with Gasteiger partial charge >= 0.3 is 0 Å². The zero-order valence-electron chi connectivity index (χ0n) is 23.8. The van der Waals surface area contributed by atoms with Crippen molar-refractivity contribution in [2.24, 2.45) is 5.92 Å². The molecular formula is C33H52O4. The number of ketones is 1. The van der Waals surface area contributed by atoms with Crippen molar-refractivity contribution in [2.75, 3.05) is 6.61 Å². The molecule has 1 N–H and O–H groups in total. The zero-order valence-corrected chi connectivity index (χ0v) is 23.8. The largest absolute Gasteiger partial charge is 0.504 e. The number of unbranched alkanes of at least 4 members (excludes halogenated alkanes) is 1. The molecular weight excluding hydrogens is 460 g/mol. The fourth-order valence-electron chi connectivity index (χ4n) is 5.75. The number of aryl methyl sites for hydroxylation is 1. The summed E-state index contributed by atoms with van der Waals surface area (Å²) < 4.78 is 12.7. The van der Waals surface area contributed by atoms with Gasteiger partial charge in [0.1, 0.15) is 0 Å². The molecule has 2 saturated carbocycles. The quantitative estimate of drug-likeness (QED) is 0.225. The molecule has 37 heavy (non-hydrogen) atoms. The van der Waals surface area contributed by atoms with E-state index in [9.17, 15) is 9.90 Å². The van der Waals surface area contributed by atoms with Gasteiger partial charge < -0.3 is 14.6 Å². The molecule has 4 heteroatoms. The summed E-state index contributed by atoms with van der Waals surface area (Å²) >= 11 is 0. The summed E-state index contributed by atoms with van der Waals surface area (Å²) in [4.78, 5) is 12.4. The van der Waals surface area contributed by atoms with E-state index in [1.165, 1.54) is 44.9 Å². The van der Waals surface area contributed by atoms with Crippen molar-refractivity contribution in [1.82, 2.24) is 0 Å². The highest BCUT2D eigenvalue weighted by Crippen LogP contribution is 2.41. The summed E-state index contributed by atoms with van der Waals surface area (Å²) in [5.41, 5.74) is 2.06. The van der Waals surface area contributed by atoms with Gasteiger partial charge in [0.15, 0.2) is 17.3 Å². The van der Waals surface area contributed by atoms with Crippen LogP contribution in [0.4, 0.5) is 0 Å². The third-order valence-corrected chi connectivity index (χ3v) is 8.08. The van der Waals surface area contributed by atoms with Gasteiger partial charge in [0.25, 0.3) is 0 Å². The lowest BCUT2D eigenvalue weighted by Gasteiger charge is -2.26. The lowest BCUT2D eigenvalue weighted by Crippen LogP contribution is -2.18. The van der Waals surface area contributed by atoms with E-state index in [2.05, 4.69) is 26.8 Å². The van der Waals surface area contributed by atoms with Gasteiger partial charge in [0.05, 0.1) is 12.2 Å². The van der Waals surface area contributed by atoms with Gasteiger partial charge in [-0.2, -0.15) is 0 Å². The second-order valence-corrected chi connectivity index (χ2v) is 11.8. The van der Waals surface area contributed by atoms with Crippen molar-refractivity contribution < 1.29 is 19.4 Å². The maximum absolute atomic E-state index is 12.4. The van der Waals surface area contributed by atoms with Crippen LogP contribution in [0.2, 0.25) is 0 Å². The van der Waals surface area contributed by atoms with Crippen molar-refractivity contribution in [1.29, 1.82) is 0 Å². The molecule has 0 aliphatic heterocycles. The smallest absolute Gasteiger partial charge is 0.161 e. The minimum atomic E-state index is 0.165. The molecule has 1 aromatic carbocycles. The highest BCUT2D eigenvalue weighted by Gasteiger charge is 2.24. The van der Waals surface area contributed by atoms with Gasteiger partial charge in [-0.15, -0.1) is 0 Å². The number of phenolic OH excluding ortho intramolecular Hbond substituents is 1. The standard InChI is InChI=1S/C33H52O4/c1-4-5-7-12-28(34)20-18-26-23-31(33(35)32(24-26)37-30-15-10-11-16-30)27(19-17-25(2)3)21-22-36-29-13-8-6-9-14-29/h7,12,23-25,27,29-30,35H,4-6,8-11,13-22H2,1-3H3/b12-7+/t27-/m0/s1. The van der Waals surface area contributed by atoms with Crippen LogP contribution in [0.15, 0.2) is 24.3 Å². The number of carbonyl (C=O) groups is 1.